The van der Waals surface area contributed by atoms with Crippen LogP contribution in [0.3, 0.4) is 0 Å². The molecule has 0 spiro atoms. The van der Waals surface area contributed by atoms with Gasteiger partial charge in [-0.2, -0.15) is 8.42 Å². The van der Waals surface area contributed by atoms with Crippen LogP contribution in [0.5, 0.6) is 0 Å². The molecule has 138 valence electrons. The van der Waals surface area contributed by atoms with Crippen LogP contribution in [0.15, 0.2) is 12.7 Å². The van der Waals surface area contributed by atoms with E-state index in [0.717, 1.165) is 6.26 Å². The van der Waals surface area contributed by atoms with Gasteiger partial charge in [0.25, 0.3) is 16.0 Å². The van der Waals surface area contributed by atoms with Crippen LogP contribution < -0.4 is 0 Å². The Morgan fingerprint density at radius 3 is 2.62 bits per heavy atom. The van der Waals surface area contributed by atoms with Crippen molar-refractivity contribution >= 4 is 16.0 Å². The zero-order valence-electron chi connectivity index (χ0n) is 14.4. The Hall–Kier alpha value is -1.00. The van der Waals surface area contributed by atoms with Crippen LogP contribution in [0.25, 0.3) is 0 Å². The molecule has 0 aliphatic carbocycles. The fourth-order valence-corrected chi connectivity index (χ4v) is 3.70. The molecule has 0 N–H and O–H groups in total. The lowest BCUT2D eigenvalue weighted by Gasteiger charge is -2.49. The Balaban J connectivity index is 2.11. The van der Waals surface area contributed by atoms with Gasteiger partial charge in [0.05, 0.1) is 25.0 Å². The van der Waals surface area contributed by atoms with Gasteiger partial charge in [0.2, 0.25) is 0 Å². The predicted octanol–water partition coefficient (Wildman–Crippen LogP) is 0.285. The molecule has 2 heterocycles. The van der Waals surface area contributed by atoms with Gasteiger partial charge in [-0.1, -0.05) is 6.08 Å². The second-order valence-electron chi connectivity index (χ2n) is 6.45. The summed E-state index contributed by atoms with van der Waals surface area (Å²) >= 11 is 0. The third-order valence-electron chi connectivity index (χ3n) is 4.00. The lowest BCUT2D eigenvalue weighted by Crippen LogP contribution is -2.71. The van der Waals surface area contributed by atoms with Crippen LogP contribution in [-0.4, -0.2) is 75.9 Å². The number of carbonyl (C=O) groups excluding carboxylic acids is 1. The quantitative estimate of drug-likeness (QED) is 0.348. The number of ether oxygens (including phenoxy) is 3. The number of likely N-dealkylation sites (tertiary alicyclic amines) is 1. The van der Waals surface area contributed by atoms with Gasteiger partial charge in [-0.3, -0.25) is 8.98 Å². The number of methoxy groups -OCH3 is 1. The zero-order chi connectivity index (χ0) is 18.1. The Morgan fingerprint density at radius 2 is 2.17 bits per heavy atom. The van der Waals surface area contributed by atoms with E-state index in [-0.39, 0.29) is 24.6 Å². The smallest absolute Gasteiger partial charge is 0.264 e. The fraction of sp³-hybridized carbons (Fsp3) is 0.800. The number of nitrogens with zero attached hydrogens (tertiary/aromatic N) is 1. The van der Waals surface area contributed by atoms with Crippen molar-refractivity contribution in [3.63, 3.8) is 0 Å². The van der Waals surface area contributed by atoms with E-state index >= 15 is 0 Å². The number of hydrogen-bond acceptors (Lipinski definition) is 7. The van der Waals surface area contributed by atoms with E-state index in [1.807, 2.05) is 0 Å². The third kappa shape index (κ3) is 4.34. The molecule has 2 rings (SSSR count). The highest BCUT2D eigenvalue weighted by molar-refractivity contribution is 7.86. The first-order valence-electron chi connectivity index (χ1n) is 7.72. The minimum absolute atomic E-state index is 0.114. The molecule has 0 bridgehead atoms. The van der Waals surface area contributed by atoms with Gasteiger partial charge in [-0.15, -0.1) is 6.58 Å². The normalized spacial score (nSPS) is 30.9. The topological polar surface area (TPSA) is 91.4 Å². The van der Waals surface area contributed by atoms with E-state index in [0.29, 0.717) is 13.0 Å². The summed E-state index contributed by atoms with van der Waals surface area (Å²) in [6, 6.07) is -0.347. The SMILES string of the molecule is C=CCC(CN1C(=O)[C@H](OC)[C@@H]1[C@H]1COC(C)(C)O1)OS(C)(=O)=O. The fourth-order valence-electron chi connectivity index (χ4n) is 3.07. The largest absolute Gasteiger partial charge is 0.369 e. The summed E-state index contributed by atoms with van der Waals surface area (Å²) in [4.78, 5) is 13.8. The van der Waals surface area contributed by atoms with Crippen LogP contribution in [0.1, 0.15) is 20.3 Å². The van der Waals surface area contributed by atoms with Gasteiger partial charge in [0.15, 0.2) is 11.9 Å². The van der Waals surface area contributed by atoms with E-state index < -0.39 is 28.1 Å². The highest BCUT2D eigenvalue weighted by atomic mass is 32.2. The van der Waals surface area contributed by atoms with Crippen LogP contribution in [0, 0.1) is 0 Å². The summed E-state index contributed by atoms with van der Waals surface area (Å²) in [5.74, 6) is -0.946. The Kier molecular flexibility index (Phi) is 5.71. The molecule has 2 fully saturated rings. The molecule has 0 aromatic carbocycles. The number of rotatable bonds is 8. The summed E-state index contributed by atoms with van der Waals surface area (Å²) in [6.07, 6.45) is 1.17. The van der Waals surface area contributed by atoms with Crippen molar-refractivity contribution in [3.8, 4) is 0 Å². The zero-order valence-corrected chi connectivity index (χ0v) is 15.2. The van der Waals surface area contributed by atoms with Crippen molar-refractivity contribution in [1.29, 1.82) is 0 Å². The van der Waals surface area contributed by atoms with Crippen molar-refractivity contribution in [3.05, 3.63) is 12.7 Å². The van der Waals surface area contributed by atoms with E-state index in [2.05, 4.69) is 6.58 Å². The van der Waals surface area contributed by atoms with Crippen molar-refractivity contribution in [2.45, 2.75) is 50.4 Å². The van der Waals surface area contributed by atoms with Gasteiger partial charge < -0.3 is 19.1 Å². The van der Waals surface area contributed by atoms with Crippen molar-refractivity contribution in [1.82, 2.24) is 4.90 Å². The predicted molar refractivity (Wildman–Crippen MR) is 85.7 cm³/mol. The lowest BCUT2D eigenvalue weighted by atomic mass is 9.92. The third-order valence-corrected chi connectivity index (χ3v) is 4.62. The molecular weight excluding hydrogens is 338 g/mol. The first kappa shape index (κ1) is 19.3. The van der Waals surface area contributed by atoms with Crippen LogP contribution in [0.4, 0.5) is 0 Å². The minimum Gasteiger partial charge on any atom is -0.369 e. The summed E-state index contributed by atoms with van der Waals surface area (Å²) in [5, 5.41) is 0. The molecule has 2 aliphatic rings. The molecule has 1 unspecified atom stereocenters. The first-order chi connectivity index (χ1) is 11.1. The van der Waals surface area contributed by atoms with Gasteiger partial charge in [-0.05, 0) is 20.3 Å². The molecule has 0 saturated carbocycles. The molecule has 0 radical (unpaired) electrons. The van der Waals surface area contributed by atoms with Crippen molar-refractivity contribution in [2.75, 3.05) is 26.5 Å². The molecule has 0 aromatic heterocycles. The average Bonchev–Trinajstić information content (AvgIpc) is 2.79. The molecule has 24 heavy (non-hydrogen) atoms. The van der Waals surface area contributed by atoms with Gasteiger partial charge in [-0.25, -0.2) is 0 Å². The molecular formula is C15H25NO7S. The highest BCUT2D eigenvalue weighted by Crippen LogP contribution is 2.34. The van der Waals surface area contributed by atoms with Crippen molar-refractivity contribution in [2.24, 2.45) is 0 Å². The van der Waals surface area contributed by atoms with Gasteiger partial charge >= 0.3 is 0 Å². The second-order valence-corrected chi connectivity index (χ2v) is 8.05. The number of amides is 1. The molecule has 9 heteroatoms. The summed E-state index contributed by atoms with van der Waals surface area (Å²) in [6.45, 7) is 7.64. The van der Waals surface area contributed by atoms with Crippen LogP contribution in [0.2, 0.25) is 0 Å². The van der Waals surface area contributed by atoms with Gasteiger partial charge in [0, 0.05) is 13.7 Å². The molecule has 2 saturated heterocycles. The Bertz CT molecular complexity index is 589. The maximum atomic E-state index is 12.3. The molecule has 4 atom stereocenters. The van der Waals surface area contributed by atoms with Gasteiger partial charge in [0.1, 0.15) is 6.10 Å². The molecule has 8 nitrogen and oxygen atoms in total. The summed E-state index contributed by atoms with van der Waals surface area (Å²) in [5.41, 5.74) is 0. The number of carbonyl (C=O) groups is 1. The second kappa shape index (κ2) is 7.09. The first-order valence-corrected chi connectivity index (χ1v) is 9.54. The standard InChI is InChI=1S/C15H25NO7S/c1-6-7-10(23-24(5,18)19)8-16-12(13(20-4)14(16)17)11-9-21-15(2,3)22-11/h6,10-13H,1,7-9H2,2-5H3/t10?,11-,12+,13-/m1/s1. The van der Waals surface area contributed by atoms with E-state index in [9.17, 15) is 13.2 Å². The average molecular weight is 363 g/mol. The van der Waals surface area contributed by atoms with E-state index in [4.69, 9.17) is 18.4 Å². The highest BCUT2D eigenvalue weighted by Gasteiger charge is 2.55. The van der Waals surface area contributed by atoms with E-state index in [1.54, 1.807) is 19.9 Å². The monoisotopic (exact) mass is 363 g/mol. The molecule has 0 aromatic rings. The maximum Gasteiger partial charge on any atom is 0.264 e. The summed E-state index contributed by atoms with van der Waals surface area (Å²) in [7, 11) is -2.18. The molecule has 1 amide bonds. The minimum atomic E-state index is -3.64. The molecule has 2 aliphatic heterocycles. The van der Waals surface area contributed by atoms with Crippen LogP contribution >= 0.6 is 0 Å². The van der Waals surface area contributed by atoms with Crippen LogP contribution in [-0.2, 0) is 33.3 Å². The van der Waals surface area contributed by atoms with E-state index in [1.165, 1.54) is 12.0 Å². The number of β-lactam (4-membered cyclic amide) rings is 1. The lowest BCUT2D eigenvalue weighted by molar-refractivity contribution is -0.195. The Labute approximate surface area is 142 Å². The maximum absolute atomic E-state index is 12.3. The van der Waals surface area contributed by atoms with Crippen molar-refractivity contribution < 1.29 is 31.6 Å². The number of hydrogen-bond donors (Lipinski definition) is 0. The summed E-state index contributed by atoms with van der Waals surface area (Å²) < 4.78 is 44.5. The Morgan fingerprint density at radius 1 is 1.50 bits per heavy atom.